The molecule has 32 heavy (non-hydrogen) atoms. The molecule has 0 aliphatic carbocycles. The Hall–Kier alpha value is -4.28. The number of esters is 1. The molecule has 0 bridgehead atoms. The molecule has 0 saturated heterocycles. The average Bonchev–Trinajstić information content (AvgIpc) is 3.24. The highest BCUT2D eigenvalue weighted by molar-refractivity contribution is 6.44. The number of carbonyl (C=O) groups is 4. The molecule has 1 aliphatic rings. The van der Waals surface area contributed by atoms with Gasteiger partial charge in [0.15, 0.2) is 0 Å². The van der Waals surface area contributed by atoms with Crippen LogP contribution in [0.4, 0.5) is 15.8 Å². The van der Waals surface area contributed by atoms with E-state index in [4.69, 9.17) is 5.73 Å². The molecule has 3 rings (SSSR count). The molecule has 0 spiro atoms. The van der Waals surface area contributed by atoms with Crippen LogP contribution in [0.5, 0.6) is 0 Å². The Bertz CT molecular complexity index is 1070. The summed E-state index contributed by atoms with van der Waals surface area (Å²) in [5.41, 5.74) is 6.59. The van der Waals surface area contributed by atoms with Gasteiger partial charge in [0.25, 0.3) is 11.8 Å². The van der Waals surface area contributed by atoms with Crippen LogP contribution in [-0.4, -0.2) is 49.1 Å². The van der Waals surface area contributed by atoms with Crippen LogP contribution in [0, 0.1) is 5.82 Å². The van der Waals surface area contributed by atoms with Gasteiger partial charge in [0.05, 0.1) is 12.8 Å². The normalized spacial score (nSPS) is 15.0. The Morgan fingerprint density at radius 2 is 1.75 bits per heavy atom. The van der Waals surface area contributed by atoms with Crippen molar-refractivity contribution in [2.24, 2.45) is 10.8 Å². The number of anilines is 2. The molecule has 11 heteroatoms. The molecule has 0 saturated carbocycles. The summed E-state index contributed by atoms with van der Waals surface area (Å²) in [6, 6.07) is 10.3. The summed E-state index contributed by atoms with van der Waals surface area (Å²) in [6.07, 6.45) is -0.0213. The fourth-order valence-corrected chi connectivity index (χ4v) is 2.94. The van der Waals surface area contributed by atoms with Crippen molar-refractivity contribution < 1.29 is 28.3 Å². The van der Waals surface area contributed by atoms with Crippen LogP contribution in [0.2, 0.25) is 0 Å². The number of hydrazone groups is 1. The lowest BCUT2D eigenvalue weighted by atomic mass is 10.1. The smallest absolute Gasteiger partial charge is 0.325 e. The molecule has 1 aliphatic heterocycles. The van der Waals surface area contributed by atoms with Crippen molar-refractivity contribution in [2.75, 3.05) is 24.0 Å². The second-order valence-corrected chi connectivity index (χ2v) is 6.78. The van der Waals surface area contributed by atoms with E-state index in [1.165, 1.54) is 60.6 Å². The molecule has 10 nitrogen and oxygen atoms in total. The minimum Gasteiger partial charge on any atom is -0.468 e. The topological polar surface area (TPSA) is 143 Å². The van der Waals surface area contributed by atoms with Crippen LogP contribution in [0.15, 0.2) is 53.6 Å². The fourth-order valence-electron chi connectivity index (χ4n) is 2.94. The number of nitrogens with two attached hydrogens (primary N) is 1. The Balaban J connectivity index is 1.67. The monoisotopic (exact) mass is 441 g/mol. The van der Waals surface area contributed by atoms with E-state index in [9.17, 15) is 23.6 Å². The highest BCUT2D eigenvalue weighted by atomic mass is 19.1. The standard InChI is InChI=1S/C21H20FN5O5/c1-32-18(28)11-24-20(30)12-2-6-14(7-3-12)25-21(31)16-10-17(19(23)29)27(26-16)15-8-4-13(22)5-9-15/h2-9,17H,10-11H2,1H3,(H2,23,29)(H,24,30)(H,25,31)/t17-/m0/s1. The maximum Gasteiger partial charge on any atom is 0.325 e. The lowest BCUT2D eigenvalue weighted by molar-refractivity contribution is -0.139. The third-order valence-electron chi connectivity index (χ3n) is 4.62. The molecular formula is C21H20FN5O5. The van der Waals surface area contributed by atoms with Crippen LogP contribution in [0.25, 0.3) is 0 Å². The first-order chi connectivity index (χ1) is 15.3. The summed E-state index contributed by atoms with van der Waals surface area (Å²) in [7, 11) is 1.21. The van der Waals surface area contributed by atoms with Gasteiger partial charge >= 0.3 is 5.97 Å². The van der Waals surface area contributed by atoms with E-state index in [0.717, 1.165) is 0 Å². The Labute approximate surface area is 182 Å². The van der Waals surface area contributed by atoms with Crippen molar-refractivity contribution in [1.29, 1.82) is 0 Å². The van der Waals surface area contributed by atoms with E-state index in [1.807, 2.05) is 0 Å². The molecule has 0 unspecified atom stereocenters. The zero-order valence-corrected chi connectivity index (χ0v) is 17.0. The fraction of sp³-hybridized carbons (Fsp3) is 0.190. The Kier molecular flexibility index (Phi) is 6.78. The van der Waals surface area contributed by atoms with Crippen molar-refractivity contribution in [2.45, 2.75) is 12.5 Å². The summed E-state index contributed by atoms with van der Waals surface area (Å²) < 4.78 is 17.6. The summed E-state index contributed by atoms with van der Waals surface area (Å²) in [6.45, 7) is -0.265. The van der Waals surface area contributed by atoms with E-state index in [2.05, 4.69) is 20.5 Å². The van der Waals surface area contributed by atoms with Crippen molar-refractivity contribution in [3.63, 3.8) is 0 Å². The van der Waals surface area contributed by atoms with Crippen LogP contribution in [0.3, 0.4) is 0 Å². The molecule has 0 aromatic heterocycles. The van der Waals surface area contributed by atoms with Crippen LogP contribution in [0.1, 0.15) is 16.8 Å². The molecule has 0 fully saturated rings. The van der Waals surface area contributed by atoms with Gasteiger partial charge < -0.3 is 21.1 Å². The second kappa shape index (κ2) is 9.69. The number of carbonyl (C=O) groups excluding carboxylic acids is 4. The van der Waals surface area contributed by atoms with Gasteiger partial charge in [-0.1, -0.05) is 0 Å². The second-order valence-electron chi connectivity index (χ2n) is 6.78. The van der Waals surface area contributed by atoms with Crippen molar-refractivity contribution >= 4 is 40.8 Å². The summed E-state index contributed by atoms with van der Waals surface area (Å²) in [4.78, 5) is 47.6. The number of halogens is 1. The number of hydrogen-bond donors (Lipinski definition) is 3. The number of amides is 3. The Morgan fingerprint density at radius 1 is 1.09 bits per heavy atom. The number of nitrogens with one attached hydrogen (secondary N) is 2. The summed E-state index contributed by atoms with van der Waals surface area (Å²) >= 11 is 0. The highest BCUT2D eigenvalue weighted by Gasteiger charge is 2.35. The van der Waals surface area contributed by atoms with Crippen LogP contribution >= 0.6 is 0 Å². The third-order valence-corrected chi connectivity index (χ3v) is 4.62. The van der Waals surface area contributed by atoms with Crippen molar-refractivity contribution in [3.05, 3.63) is 59.9 Å². The zero-order chi connectivity index (χ0) is 23.3. The van der Waals surface area contributed by atoms with E-state index in [0.29, 0.717) is 11.4 Å². The first-order valence-corrected chi connectivity index (χ1v) is 9.46. The maximum absolute atomic E-state index is 13.2. The molecule has 2 aromatic carbocycles. The zero-order valence-electron chi connectivity index (χ0n) is 17.0. The van der Waals surface area contributed by atoms with Gasteiger partial charge in [-0.05, 0) is 48.5 Å². The first kappa shape index (κ1) is 22.4. The molecular weight excluding hydrogens is 421 g/mol. The van der Waals surface area contributed by atoms with E-state index >= 15 is 0 Å². The quantitative estimate of drug-likeness (QED) is 0.542. The molecule has 1 heterocycles. The molecule has 3 amide bonds. The number of ether oxygens (including phenoxy) is 1. The minimum absolute atomic E-state index is 0.0213. The van der Waals surface area contributed by atoms with Crippen LogP contribution < -0.4 is 21.4 Å². The molecule has 1 atom stereocenters. The molecule has 166 valence electrons. The SMILES string of the molecule is COC(=O)CNC(=O)c1ccc(NC(=O)C2=NN(c3ccc(F)cc3)[C@H](C(N)=O)C2)cc1. The van der Waals surface area contributed by atoms with E-state index < -0.39 is 35.5 Å². The van der Waals surface area contributed by atoms with Gasteiger partial charge in [0, 0.05) is 17.7 Å². The predicted octanol–water partition coefficient (Wildman–Crippen LogP) is 0.787. The van der Waals surface area contributed by atoms with Crippen LogP contribution in [-0.2, 0) is 19.1 Å². The number of nitrogens with zero attached hydrogens (tertiary/aromatic N) is 2. The molecule has 0 radical (unpaired) electrons. The van der Waals surface area contributed by atoms with E-state index in [-0.39, 0.29) is 24.2 Å². The largest absolute Gasteiger partial charge is 0.468 e. The number of methoxy groups -OCH3 is 1. The van der Waals surface area contributed by atoms with Gasteiger partial charge in [0.2, 0.25) is 5.91 Å². The van der Waals surface area contributed by atoms with Crippen molar-refractivity contribution in [3.8, 4) is 0 Å². The predicted molar refractivity (Wildman–Crippen MR) is 113 cm³/mol. The average molecular weight is 441 g/mol. The summed E-state index contributed by atoms with van der Waals surface area (Å²) in [5, 5.41) is 10.5. The summed E-state index contributed by atoms with van der Waals surface area (Å²) in [5.74, 6) is -2.74. The van der Waals surface area contributed by atoms with Gasteiger partial charge in [-0.2, -0.15) is 5.10 Å². The Morgan fingerprint density at radius 3 is 2.34 bits per heavy atom. The number of primary amides is 1. The molecule has 4 N–H and O–H groups in total. The molecule has 2 aromatic rings. The highest BCUT2D eigenvalue weighted by Crippen LogP contribution is 2.25. The third kappa shape index (κ3) is 5.25. The van der Waals surface area contributed by atoms with Gasteiger partial charge in [-0.25, -0.2) is 4.39 Å². The number of hydrogen-bond acceptors (Lipinski definition) is 7. The van der Waals surface area contributed by atoms with Crippen molar-refractivity contribution in [1.82, 2.24) is 5.32 Å². The van der Waals surface area contributed by atoms with Gasteiger partial charge in [-0.3, -0.25) is 24.2 Å². The van der Waals surface area contributed by atoms with Gasteiger partial charge in [0.1, 0.15) is 24.1 Å². The van der Waals surface area contributed by atoms with E-state index in [1.54, 1.807) is 0 Å². The first-order valence-electron chi connectivity index (χ1n) is 9.46. The lowest BCUT2D eigenvalue weighted by Crippen LogP contribution is -2.39. The number of rotatable bonds is 7. The van der Waals surface area contributed by atoms with Gasteiger partial charge in [-0.15, -0.1) is 0 Å². The lowest BCUT2D eigenvalue weighted by Gasteiger charge is -2.20. The maximum atomic E-state index is 13.2. The number of benzene rings is 2. The minimum atomic E-state index is -0.887.